The Morgan fingerprint density at radius 2 is 1.46 bits per heavy atom. The molecule has 2 aromatic heterocycles. The maximum absolute atomic E-state index is 11.6. The predicted molar refractivity (Wildman–Crippen MR) is 144 cm³/mol. The number of hydrogen-bond donors (Lipinski definition) is 0. The second kappa shape index (κ2) is 13.0. The van der Waals surface area contributed by atoms with Crippen molar-refractivity contribution < 1.29 is 14.3 Å². The number of hydrogen-bond acceptors (Lipinski definition) is 6. The summed E-state index contributed by atoms with van der Waals surface area (Å²) in [5, 5.41) is 0. The van der Waals surface area contributed by atoms with Gasteiger partial charge >= 0.3 is 5.97 Å². The van der Waals surface area contributed by atoms with E-state index in [9.17, 15) is 4.79 Å². The van der Waals surface area contributed by atoms with E-state index in [0.717, 1.165) is 26.5 Å². The molecule has 0 spiro atoms. The van der Waals surface area contributed by atoms with Crippen LogP contribution in [0.5, 0.6) is 5.75 Å². The van der Waals surface area contributed by atoms with E-state index in [-0.39, 0.29) is 12.6 Å². The van der Waals surface area contributed by atoms with Gasteiger partial charge in [-0.05, 0) is 91.9 Å². The zero-order chi connectivity index (χ0) is 25.9. The van der Waals surface area contributed by atoms with Crippen molar-refractivity contribution >= 4 is 17.7 Å². The summed E-state index contributed by atoms with van der Waals surface area (Å²) in [6, 6.07) is 23.2. The number of aryl methyl sites for hydroxylation is 1. The summed E-state index contributed by atoms with van der Waals surface area (Å²) in [5.41, 5.74) is 4.01. The first kappa shape index (κ1) is 25.6. The summed E-state index contributed by atoms with van der Waals surface area (Å²) >= 11 is 1.60. The number of carbonyl (C=O) groups excluding carboxylic acids is 1. The number of pyridine rings is 2. The first-order valence-electron chi connectivity index (χ1n) is 11.7. The van der Waals surface area contributed by atoms with Gasteiger partial charge < -0.3 is 9.47 Å². The van der Waals surface area contributed by atoms with Gasteiger partial charge in [-0.1, -0.05) is 35.7 Å². The van der Waals surface area contributed by atoms with Crippen LogP contribution in [0.25, 0.3) is 0 Å². The van der Waals surface area contributed by atoms with Gasteiger partial charge in [-0.2, -0.15) is 0 Å². The second-order valence-electron chi connectivity index (χ2n) is 7.80. The molecule has 0 saturated carbocycles. The average Bonchev–Trinajstić information content (AvgIpc) is 2.92. The monoisotopic (exact) mass is 504 g/mol. The molecule has 0 N–H and O–H groups in total. The standard InChI is InChI=1S/C31H24N2O3S/c1-3-35-31(34)22-36-30-15-14-28(18-23(30)2)37-29-20-24(10-12-26-8-4-6-16-32-26)19-25(21-29)11-13-27-9-5-7-17-33-27/h4-9,14-21H,3,22H2,1-2H3. The molecule has 0 saturated heterocycles. The third-order valence-corrected chi connectivity index (χ3v) is 5.90. The fourth-order valence-corrected chi connectivity index (χ4v) is 4.29. The van der Waals surface area contributed by atoms with Crippen molar-refractivity contribution in [1.29, 1.82) is 0 Å². The topological polar surface area (TPSA) is 61.3 Å². The SMILES string of the molecule is CCOC(=O)COc1ccc(Sc2cc(C#Cc3ccccn3)cc(C#Cc3ccccn3)c2)cc1C. The highest BCUT2D eigenvalue weighted by molar-refractivity contribution is 7.99. The zero-order valence-corrected chi connectivity index (χ0v) is 21.3. The van der Waals surface area contributed by atoms with E-state index in [1.807, 2.05) is 79.7 Å². The Hall–Kier alpha value is -4.52. The lowest BCUT2D eigenvalue weighted by atomic mass is 10.1. The van der Waals surface area contributed by atoms with Gasteiger partial charge in [0.1, 0.15) is 17.1 Å². The van der Waals surface area contributed by atoms with Crippen LogP contribution in [0.1, 0.15) is 35.0 Å². The van der Waals surface area contributed by atoms with Crippen LogP contribution in [-0.4, -0.2) is 29.2 Å². The van der Waals surface area contributed by atoms with Gasteiger partial charge in [0.05, 0.1) is 6.61 Å². The largest absolute Gasteiger partial charge is 0.482 e. The molecule has 0 aliphatic heterocycles. The number of aromatic nitrogens is 2. The van der Waals surface area contributed by atoms with Crippen LogP contribution in [0.15, 0.2) is 95.0 Å². The molecular formula is C31H24N2O3S. The molecule has 0 unspecified atom stereocenters. The number of rotatable bonds is 6. The lowest BCUT2D eigenvalue weighted by Gasteiger charge is -2.10. The van der Waals surface area contributed by atoms with E-state index in [1.54, 1.807) is 31.1 Å². The van der Waals surface area contributed by atoms with E-state index < -0.39 is 0 Å². The van der Waals surface area contributed by atoms with Crippen LogP contribution in [0.4, 0.5) is 0 Å². The zero-order valence-electron chi connectivity index (χ0n) is 20.5. The van der Waals surface area contributed by atoms with Crippen LogP contribution >= 0.6 is 11.8 Å². The Morgan fingerprint density at radius 1 is 0.811 bits per heavy atom. The van der Waals surface area contributed by atoms with Gasteiger partial charge in [0.15, 0.2) is 6.61 Å². The normalized spacial score (nSPS) is 9.89. The van der Waals surface area contributed by atoms with Crippen molar-refractivity contribution in [2.24, 2.45) is 0 Å². The van der Waals surface area contributed by atoms with E-state index >= 15 is 0 Å². The quantitative estimate of drug-likeness (QED) is 0.249. The van der Waals surface area contributed by atoms with Gasteiger partial charge in [-0.15, -0.1) is 0 Å². The number of ether oxygens (including phenoxy) is 2. The Kier molecular flexibility index (Phi) is 8.97. The molecule has 0 atom stereocenters. The number of carbonyl (C=O) groups is 1. The highest BCUT2D eigenvalue weighted by Gasteiger charge is 2.08. The molecule has 2 aromatic carbocycles. The maximum Gasteiger partial charge on any atom is 0.344 e. The Morgan fingerprint density at radius 3 is 2.00 bits per heavy atom. The average molecular weight is 505 g/mol. The molecule has 5 nitrogen and oxygen atoms in total. The first-order valence-corrected chi connectivity index (χ1v) is 12.5. The second-order valence-corrected chi connectivity index (χ2v) is 8.95. The van der Waals surface area contributed by atoms with Gasteiger partial charge in [-0.3, -0.25) is 0 Å². The Balaban J connectivity index is 1.59. The molecule has 4 aromatic rings. The molecule has 2 heterocycles. The van der Waals surface area contributed by atoms with E-state index in [1.165, 1.54) is 0 Å². The predicted octanol–water partition coefficient (Wildman–Crippen LogP) is 5.68. The van der Waals surface area contributed by atoms with Crippen LogP contribution in [-0.2, 0) is 9.53 Å². The van der Waals surface area contributed by atoms with Crippen LogP contribution in [0.2, 0.25) is 0 Å². The summed E-state index contributed by atoms with van der Waals surface area (Å²) < 4.78 is 10.5. The maximum atomic E-state index is 11.6. The van der Waals surface area contributed by atoms with Crippen LogP contribution in [0, 0.1) is 30.6 Å². The van der Waals surface area contributed by atoms with Gasteiger partial charge in [-0.25, -0.2) is 14.8 Å². The Labute approximate surface area is 221 Å². The van der Waals surface area contributed by atoms with Gasteiger partial charge in [0.2, 0.25) is 0 Å². The van der Waals surface area contributed by atoms with Crippen LogP contribution in [0.3, 0.4) is 0 Å². The van der Waals surface area contributed by atoms with E-state index in [4.69, 9.17) is 9.47 Å². The molecule has 0 radical (unpaired) electrons. The molecular weight excluding hydrogens is 480 g/mol. The van der Waals surface area contributed by atoms with Crippen molar-refractivity contribution in [1.82, 2.24) is 9.97 Å². The molecule has 0 fully saturated rings. The summed E-state index contributed by atoms with van der Waals surface area (Å²) in [5.74, 6) is 12.9. The highest BCUT2D eigenvalue weighted by atomic mass is 32.2. The van der Waals surface area contributed by atoms with E-state index in [2.05, 4.69) is 33.6 Å². The number of nitrogens with zero attached hydrogens (tertiary/aromatic N) is 2. The molecule has 4 rings (SSSR count). The lowest BCUT2D eigenvalue weighted by Crippen LogP contribution is -2.14. The third-order valence-electron chi connectivity index (χ3n) is 4.94. The fourth-order valence-electron chi connectivity index (χ4n) is 3.27. The molecule has 0 aliphatic carbocycles. The fraction of sp³-hybridized carbons (Fsp3) is 0.129. The van der Waals surface area contributed by atoms with Crippen molar-refractivity contribution in [3.05, 3.63) is 113 Å². The minimum Gasteiger partial charge on any atom is -0.482 e. The van der Waals surface area contributed by atoms with Gasteiger partial charge in [0, 0.05) is 33.3 Å². The molecule has 37 heavy (non-hydrogen) atoms. The molecule has 0 aliphatic rings. The van der Waals surface area contributed by atoms with E-state index in [0.29, 0.717) is 23.7 Å². The molecule has 182 valence electrons. The summed E-state index contributed by atoms with van der Waals surface area (Å²) in [4.78, 5) is 22.2. The summed E-state index contributed by atoms with van der Waals surface area (Å²) in [6.07, 6.45) is 3.45. The minimum atomic E-state index is -0.386. The van der Waals surface area contributed by atoms with Crippen molar-refractivity contribution in [3.63, 3.8) is 0 Å². The smallest absolute Gasteiger partial charge is 0.344 e. The molecule has 0 bridgehead atoms. The lowest BCUT2D eigenvalue weighted by molar-refractivity contribution is -0.145. The van der Waals surface area contributed by atoms with Crippen molar-refractivity contribution in [2.45, 2.75) is 23.6 Å². The van der Waals surface area contributed by atoms with Gasteiger partial charge in [0.25, 0.3) is 0 Å². The summed E-state index contributed by atoms with van der Waals surface area (Å²) in [6.45, 7) is 3.93. The third kappa shape index (κ3) is 8.00. The van der Waals surface area contributed by atoms with Crippen molar-refractivity contribution in [3.8, 4) is 29.4 Å². The Bertz CT molecular complexity index is 1420. The number of esters is 1. The van der Waals surface area contributed by atoms with Crippen LogP contribution < -0.4 is 4.74 Å². The van der Waals surface area contributed by atoms with Crippen molar-refractivity contribution in [2.75, 3.05) is 13.2 Å². The first-order chi connectivity index (χ1) is 18.1. The summed E-state index contributed by atoms with van der Waals surface area (Å²) in [7, 11) is 0. The highest BCUT2D eigenvalue weighted by Crippen LogP contribution is 2.32. The minimum absolute atomic E-state index is 0.115. The molecule has 0 amide bonds. The molecule has 6 heteroatoms. The number of benzene rings is 2.